The van der Waals surface area contributed by atoms with Crippen LogP contribution in [0.25, 0.3) is 0 Å². The maximum atomic E-state index is 12.1. The Morgan fingerprint density at radius 3 is 2.69 bits per heavy atom. The van der Waals surface area contributed by atoms with Crippen molar-refractivity contribution in [1.29, 1.82) is 0 Å². The molecule has 0 amide bonds. The van der Waals surface area contributed by atoms with E-state index in [1.54, 1.807) is 0 Å². The highest BCUT2D eigenvalue weighted by Crippen LogP contribution is 2.44. The van der Waals surface area contributed by atoms with E-state index < -0.39 is 0 Å². The van der Waals surface area contributed by atoms with Crippen LogP contribution in [0.15, 0.2) is 22.8 Å². The summed E-state index contributed by atoms with van der Waals surface area (Å²) in [5.74, 6) is 2.06. The zero-order valence-corrected chi connectivity index (χ0v) is 10.8. The van der Waals surface area contributed by atoms with E-state index in [2.05, 4.69) is 33.8 Å². The molecular weight excluding hydrogens is 196 g/mol. The highest BCUT2D eigenvalue weighted by Gasteiger charge is 2.38. The average molecular weight is 218 g/mol. The molecule has 0 aromatic heterocycles. The quantitative estimate of drug-likeness (QED) is 0.445. The standard InChI is InChI=1S/C15H22O/c1-9(2)15-13-7-10(3)5-6-12(13)11(4)8-14(15)16/h7,11-13H,5-6,8H2,1-4H3/t11-,12+,13+/m0/s1. The Balaban J connectivity index is 2.43. The molecule has 0 bridgehead atoms. The number of fused-ring (bicyclic) bond motifs is 1. The molecule has 16 heavy (non-hydrogen) atoms. The summed E-state index contributed by atoms with van der Waals surface area (Å²) in [5.41, 5.74) is 3.79. The molecule has 0 radical (unpaired) electrons. The van der Waals surface area contributed by atoms with E-state index in [1.165, 1.54) is 24.0 Å². The molecule has 1 saturated carbocycles. The van der Waals surface area contributed by atoms with Gasteiger partial charge in [-0.1, -0.05) is 24.1 Å². The van der Waals surface area contributed by atoms with Gasteiger partial charge in [0.15, 0.2) is 5.78 Å². The molecule has 0 heterocycles. The summed E-state index contributed by atoms with van der Waals surface area (Å²) in [5, 5.41) is 0. The molecule has 1 heteroatoms. The Morgan fingerprint density at radius 2 is 2.06 bits per heavy atom. The summed E-state index contributed by atoms with van der Waals surface area (Å²) in [6.45, 7) is 8.60. The number of carbonyl (C=O) groups is 1. The third kappa shape index (κ3) is 1.88. The molecule has 0 aromatic carbocycles. The van der Waals surface area contributed by atoms with Gasteiger partial charge < -0.3 is 0 Å². The molecule has 2 aliphatic carbocycles. The molecule has 0 spiro atoms. The Kier molecular flexibility index (Phi) is 3.05. The van der Waals surface area contributed by atoms with Crippen molar-refractivity contribution in [3.63, 3.8) is 0 Å². The van der Waals surface area contributed by atoms with Crippen molar-refractivity contribution in [2.75, 3.05) is 0 Å². The predicted molar refractivity (Wildman–Crippen MR) is 67.1 cm³/mol. The average Bonchev–Trinajstić information content (AvgIpc) is 2.15. The normalized spacial score (nSPS) is 34.5. The van der Waals surface area contributed by atoms with E-state index in [9.17, 15) is 4.79 Å². The number of carbonyl (C=O) groups excluding carboxylic acids is 1. The van der Waals surface area contributed by atoms with Crippen molar-refractivity contribution in [2.45, 2.75) is 47.0 Å². The highest BCUT2D eigenvalue weighted by atomic mass is 16.1. The molecule has 0 saturated heterocycles. The number of hydrogen-bond donors (Lipinski definition) is 0. The topological polar surface area (TPSA) is 17.1 Å². The van der Waals surface area contributed by atoms with Crippen LogP contribution in [-0.4, -0.2) is 5.78 Å². The van der Waals surface area contributed by atoms with Crippen molar-refractivity contribution in [3.05, 3.63) is 22.8 Å². The van der Waals surface area contributed by atoms with Crippen molar-refractivity contribution in [3.8, 4) is 0 Å². The van der Waals surface area contributed by atoms with Gasteiger partial charge >= 0.3 is 0 Å². The third-order valence-corrected chi connectivity index (χ3v) is 4.21. The largest absolute Gasteiger partial charge is 0.295 e. The SMILES string of the molecule is CC1=C[C@H]2C(=C(C)C)C(=O)C[C@H](C)[C@H]2CC1. The number of allylic oxidation sites excluding steroid dienone is 4. The second-order valence-corrected chi connectivity index (χ2v) is 5.76. The summed E-state index contributed by atoms with van der Waals surface area (Å²) in [4.78, 5) is 12.1. The van der Waals surface area contributed by atoms with Gasteiger partial charge in [-0.3, -0.25) is 4.79 Å². The lowest BCUT2D eigenvalue weighted by Gasteiger charge is -2.40. The maximum absolute atomic E-state index is 12.1. The lowest BCUT2D eigenvalue weighted by Crippen LogP contribution is -2.35. The van der Waals surface area contributed by atoms with Crippen LogP contribution < -0.4 is 0 Å². The van der Waals surface area contributed by atoms with E-state index in [0.29, 0.717) is 23.5 Å². The molecule has 3 atom stereocenters. The van der Waals surface area contributed by atoms with Crippen LogP contribution in [0.3, 0.4) is 0 Å². The Morgan fingerprint density at radius 1 is 1.38 bits per heavy atom. The van der Waals surface area contributed by atoms with Gasteiger partial charge in [-0.25, -0.2) is 0 Å². The predicted octanol–water partition coefficient (Wildman–Crippen LogP) is 3.90. The first kappa shape index (κ1) is 11.6. The molecule has 2 aliphatic rings. The monoisotopic (exact) mass is 218 g/mol. The second-order valence-electron chi connectivity index (χ2n) is 5.76. The lowest BCUT2D eigenvalue weighted by atomic mass is 9.64. The maximum Gasteiger partial charge on any atom is 0.159 e. The van der Waals surface area contributed by atoms with Crippen molar-refractivity contribution < 1.29 is 4.79 Å². The van der Waals surface area contributed by atoms with Gasteiger partial charge in [-0.05, 0) is 45.4 Å². The van der Waals surface area contributed by atoms with Crippen LogP contribution in [0, 0.1) is 17.8 Å². The summed E-state index contributed by atoms with van der Waals surface area (Å²) < 4.78 is 0. The van der Waals surface area contributed by atoms with Crippen LogP contribution >= 0.6 is 0 Å². The second kappa shape index (κ2) is 4.20. The van der Waals surface area contributed by atoms with E-state index in [0.717, 1.165) is 12.0 Å². The van der Waals surface area contributed by atoms with Gasteiger partial charge in [-0.15, -0.1) is 0 Å². The van der Waals surface area contributed by atoms with Gasteiger partial charge in [0.1, 0.15) is 0 Å². The van der Waals surface area contributed by atoms with Crippen LogP contribution in [0.1, 0.15) is 47.0 Å². The van der Waals surface area contributed by atoms with Crippen LogP contribution in [0.4, 0.5) is 0 Å². The zero-order chi connectivity index (χ0) is 11.9. The molecule has 88 valence electrons. The summed E-state index contributed by atoms with van der Waals surface area (Å²) in [7, 11) is 0. The van der Waals surface area contributed by atoms with Gasteiger partial charge in [0.2, 0.25) is 0 Å². The Bertz CT molecular complexity index is 369. The molecule has 0 N–H and O–H groups in total. The summed E-state index contributed by atoms with van der Waals surface area (Å²) in [6.07, 6.45) is 5.59. The first-order valence-electron chi connectivity index (χ1n) is 6.38. The number of ketones is 1. The van der Waals surface area contributed by atoms with Crippen molar-refractivity contribution in [2.24, 2.45) is 17.8 Å². The van der Waals surface area contributed by atoms with Gasteiger partial charge in [-0.2, -0.15) is 0 Å². The van der Waals surface area contributed by atoms with E-state index in [4.69, 9.17) is 0 Å². The Hall–Kier alpha value is -0.850. The Labute approximate surface area is 98.6 Å². The van der Waals surface area contributed by atoms with E-state index in [1.807, 2.05) is 0 Å². The first-order chi connectivity index (χ1) is 7.50. The van der Waals surface area contributed by atoms with Crippen LogP contribution in [0.5, 0.6) is 0 Å². The number of Topliss-reactive ketones (excluding diaryl/α,β-unsaturated/α-hetero) is 1. The van der Waals surface area contributed by atoms with E-state index >= 15 is 0 Å². The minimum Gasteiger partial charge on any atom is -0.295 e. The number of rotatable bonds is 0. The highest BCUT2D eigenvalue weighted by molar-refractivity contribution is 5.98. The molecule has 2 rings (SSSR count). The molecule has 0 aliphatic heterocycles. The van der Waals surface area contributed by atoms with Crippen molar-refractivity contribution in [1.82, 2.24) is 0 Å². The van der Waals surface area contributed by atoms with Gasteiger partial charge in [0.05, 0.1) is 0 Å². The fourth-order valence-electron chi connectivity index (χ4n) is 3.38. The van der Waals surface area contributed by atoms with Gasteiger partial charge in [0, 0.05) is 17.9 Å². The summed E-state index contributed by atoms with van der Waals surface area (Å²) >= 11 is 0. The molecule has 0 aromatic rings. The van der Waals surface area contributed by atoms with Crippen molar-refractivity contribution >= 4 is 5.78 Å². The fraction of sp³-hybridized carbons (Fsp3) is 0.667. The molecule has 0 unspecified atom stereocenters. The molecular formula is C15H22O. The van der Waals surface area contributed by atoms with Crippen LogP contribution in [-0.2, 0) is 4.79 Å². The van der Waals surface area contributed by atoms with E-state index in [-0.39, 0.29) is 0 Å². The number of hydrogen-bond acceptors (Lipinski definition) is 1. The van der Waals surface area contributed by atoms with Gasteiger partial charge in [0.25, 0.3) is 0 Å². The zero-order valence-electron chi connectivity index (χ0n) is 10.8. The fourth-order valence-corrected chi connectivity index (χ4v) is 3.38. The molecule has 1 fully saturated rings. The molecule has 1 nitrogen and oxygen atoms in total. The lowest BCUT2D eigenvalue weighted by molar-refractivity contribution is -0.119. The minimum absolute atomic E-state index is 0.389. The summed E-state index contributed by atoms with van der Waals surface area (Å²) in [6, 6.07) is 0. The smallest absolute Gasteiger partial charge is 0.159 e. The first-order valence-corrected chi connectivity index (χ1v) is 6.38. The minimum atomic E-state index is 0.389. The van der Waals surface area contributed by atoms with Crippen LogP contribution in [0.2, 0.25) is 0 Å². The third-order valence-electron chi connectivity index (χ3n) is 4.21.